The fraction of sp³-hybridized carbons (Fsp3) is 0.893. The summed E-state index contributed by atoms with van der Waals surface area (Å²) in [6, 6.07) is 0. The number of ether oxygens (including phenoxy) is 1. The summed E-state index contributed by atoms with van der Waals surface area (Å²) in [5.74, 6) is 2.79. The molecule has 4 aliphatic carbocycles. The van der Waals surface area contributed by atoms with E-state index in [1.807, 2.05) is 0 Å². The first-order valence-electron chi connectivity index (χ1n) is 13.3. The summed E-state index contributed by atoms with van der Waals surface area (Å²) in [6.07, 6.45) is 8.05. The maximum atomic E-state index is 13.8. The average molecular weight is 445 g/mol. The molecule has 1 aliphatic heterocycles. The lowest BCUT2D eigenvalue weighted by atomic mass is 9.43. The Labute approximate surface area is 194 Å². The molecule has 5 aliphatic rings. The molecule has 1 spiro atoms. The van der Waals surface area contributed by atoms with Crippen LogP contribution in [-0.2, 0) is 9.53 Å². The highest BCUT2D eigenvalue weighted by Gasteiger charge is 2.80. The molecule has 0 radical (unpaired) electrons. The average Bonchev–Trinajstić information content (AvgIpc) is 3.37. The molecule has 0 amide bonds. The molecule has 0 aromatic rings. The summed E-state index contributed by atoms with van der Waals surface area (Å²) in [6.45, 7) is 13.7. The van der Waals surface area contributed by atoms with Gasteiger partial charge in [0, 0.05) is 17.8 Å². The van der Waals surface area contributed by atoms with Crippen molar-refractivity contribution < 1.29 is 19.7 Å². The smallest absolute Gasteiger partial charge is 0.168 e. The number of ketones is 1. The molecule has 0 aromatic heterocycles. The van der Waals surface area contributed by atoms with Crippen LogP contribution in [0.15, 0.2) is 12.2 Å². The summed E-state index contributed by atoms with van der Waals surface area (Å²) in [4.78, 5) is 13.8. The Kier molecular flexibility index (Phi) is 5.51. The number of aliphatic hydroxyl groups excluding tert-OH is 2. The van der Waals surface area contributed by atoms with Gasteiger partial charge < -0.3 is 14.9 Å². The van der Waals surface area contributed by atoms with Crippen molar-refractivity contribution >= 4 is 5.78 Å². The fourth-order valence-electron chi connectivity index (χ4n) is 9.33. The standard InChI is InChI=1S/C28H44O4/c1-16(2)17(3)6-7-18(4)20-8-9-21-23-22(11-12-26(20,21)5)27(15-29)13-10-19(30)14-28(27)25(32-28)24(23)31/h16,18-23,25,29-30H,3,6-15H2,1-2,4-5H3/t18-,19+,20-,21+,22+,23+,25-,26-,27+,28-/m1/s1. The van der Waals surface area contributed by atoms with Crippen LogP contribution in [0.5, 0.6) is 0 Å². The molecule has 4 nitrogen and oxygen atoms in total. The molecular weight excluding hydrogens is 400 g/mol. The number of aliphatic hydroxyl groups is 2. The summed E-state index contributed by atoms with van der Waals surface area (Å²) in [5, 5.41) is 21.1. The van der Waals surface area contributed by atoms with Crippen LogP contribution in [0.4, 0.5) is 0 Å². The summed E-state index contributed by atoms with van der Waals surface area (Å²) in [5.41, 5.74) is 0.632. The Morgan fingerprint density at radius 3 is 2.59 bits per heavy atom. The Bertz CT molecular complexity index is 790. The molecule has 5 rings (SSSR count). The zero-order valence-corrected chi connectivity index (χ0v) is 20.6. The third-order valence-corrected chi connectivity index (χ3v) is 11.3. The SMILES string of the molecule is C=C(CC[C@@H](C)[C@H]1CC[C@H]2[C@@H]3C(=O)[C@H]4O[C@]45C[C@@H](O)CC[C@]5(CO)[C@H]3CC[C@]12C)C(C)C. The lowest BCUT2D eigenvalue weighted by Crippen LogP contribution is -2.64. The van der Waals surface area contributed by atoms with E-state index in [4.69, 9.17) is 4.74 Å². The largest absolute Gasteiger partial charge is 0.396 e. The second kappa shape index (κ2) is 7.65. The van der Waals surface area contributed by atoms with Gasteiger partial charge in [0.1, 0.15) is 11.7 Å². The maximum absolute atomic E-state index is 13.8. The zero-order chi connectivity index (χ0) is 23.1. The lowest BCUT2D eigenvalue weighted by molar-refractivity contribution is -0.161. The molecule has 10 atom stereocenters. The number of rotatable bonds is 6. The van der Waals surface area contributed by atoms with Crippen LogP contribution in [-0.4, -0.2) is 40.4 Å². The monoisotopic (exact) mass is 444 g/mol. The zero-order valence-electron chi connectivity index (χ0n) is 20.6. The highest BCUT2D eigenvalue weighted by Crippen LogP contribution is 2.73. The van der Waals surface area contributed by atoms with Gasteiger partial charge in [-0.2, -0.15) is 0 Å². The fourth-order valence-corrected chi connectivity index (χ4v) is 9.33. The number of allylic oxidation sites excluding steroid dienone is 1. The predicted molar refractivity (Wildman–Crippen MR) is 125 cm³/mol. The summed E-state index contributed by atoms with van der Waals surface area (Å²) < 4.78 is 6.20. The Morgan fingerprint density at radius 2 is 1.91 bits per heavy atom. The van der Waals surface area contributed by atoms with Crippen LogP contribution in [0.1, 0.15) is 85.5 Å². The first kappa shape index (κ1) is 23.1. The van der Waals surface area contributed by atoms with Crippen molar-refractivity contribution in [2.75, 3.05) is 6.61 Å². The molecule has 0 unspecified atom stereocenters. The van der Waals surface area contributed by atoms with E-state index in [0.29, 0.717) is 35.9 Å². The molecule has 4 saturated carbocycles. The highest BCUT2D eigenvalue weighted by molar-refractivity contribution is 5.92. The van der Waals surface area contributed by atoms with Crippen molar-refractivity contribution in [1.82, 2.24) is 0 Å². The number of hydrogen-bond acceptors (Lipinski definition) is 4. The Balaban J connectivity index is 1.39. The van der Waals surface area contributed by atoms with Gasteiger partial charge in [0.25, 0.3) is 0 Å². The van der Waals surface area contributed by atoms with Crippen molar-refractivity contribution in [3.05, 3.63) is 12.2 Å². The van der Waals surface area contributed by atoms with Crippen LogP contribution < -0.4 is 0 Å². The highest BCUT2D eigenvalue weighted by atomic mass is 16.6. The summed E-state index contributed by atoms with van der Waals surface area (Å²) in [7, 11) is 0. The number of fused-ring (bicyclic) bond motifs is 4. The van der Waals surface area contributed by atoms with Crippen LogP contribution in [0.2, 0.25) is 0 Å². The number of carbonyl (C=O) groups is 1. The van der Waals surface area contributed by atoms with Crippen molar-refractivity contribution in [3.8, 4) is 0 Å². The Hall–Kier alpha value is -0.710. The minimum Gasteiger partial charge on any atom is -0.396 e. The summed E-state index contributed by atoms with van der Waals surface area (Å²) >= 11 is 0. The first-order chi connectivity index (χ1) is 15.1. The van der Waals surface area contributed by atoms with Crippen molar-refractivity contribution in [2.24, 2.45) is 46.3 Å². The molecule has 2 N–H and O–H groups in total. The first-order valence-corrected chi connectivity index (χ1v) is 13.3. The van der Waals surface area contributed by atoms with Gasteiger partial charge in [-0.25, -0.2) is 0 Å². The molecule has 0 bridgehead atoms. The molecule has 180 valence electrons. The van der Waals surface area contributed by atoms with Crippen molar-refractivity contribution in [2.45, 2.75) is 103 Å². The molecular formula is C28H44O4. The molecule has 4 heteroatoms. The topological polar surface area (TPSA) is 70.1 Å². The van der Waals surface area contributed by atoms with Crippen LogP contribution in [0.25, 0.3) is 0 Å². The van der Waals surface area contributed by atoms with E-state index >= 15 is 0 Å². The van der Waals surface area contributed by atoms with Gasteiger partial charge in [0.2, 0.25) is 0 Å². The van der Waals surface area contributed by atoms with E-state index in [1.165, 1.54) is 18.4 Å². The molecule has 5 fully saturated rings. The minimum atomic E-state index is -0.589. The Morgan fingerprint density at radius 1 is 1.16 bits per heavy atom. The van der Waals surface area contributed by atoms with Gasteiger partial charge >= 0.3 is 0 Å². The van der Waals surface area contributed by atoms with Gasteiger partial charge in [-0.05, 0) is 86.4 Å². The van der Waals surface area contributed by atoms with Gasteiger partial charge in [0.05, 0.1) is 12.7 Å². The van der Waals surface area contributed by atoms with E-state index in [9.17, 15) is 15.0 Å². The van der Waals surface area contributed by atoms with E-state index in [-0.39, 0.29) is 35.4 Å². The number of Topliss-reactive ketones (excluding diaryl/α,β-unsaturated/α-hetero) is 1. The van der Waals surface area contributed by atoms with E-state index in [0.717, 1.165) is 38.5 Å². The van der Waals surface area contributed by atoms with E-state index in [2.05, 4.69) is 34.3 Å². The molecule has 0 aromatic carbocycles. The van der Waals surface area contributed by atoms with Gasteiger partial charge in [0.15, 0.2) is 5.78 Å². The minimum absolute atomic E-state index is 0.0274. The van der Waals surface area contributed by atoms with Gasteiger partial charge in [-0.3, -0.25) is 4.79 Å². The molecule has 32 heavy (non-hydrogen) atoms. The number of carbonyl (C=O) groups excluding carboxylic acids is 1. The predicted octanol–water partition coefficient (Wildman–Crippen LogP) is 4.92. The third kappa shape index (κ3) is 2.94. The van der Waals surface area contributed by atoms with Gasteiger partial charge in [-0.15, -0.1) is 0 Å². The quantitative estimate of drug-likeness (QED) is 0.451. The van der Waals surface area contributed by atoms with Crippen LogP contribution >= 0.6 is 0 Å². The normalized spacial score (nSPS) is 50.3. The van der Waals surface area contributed by atoms with Crippen LogP contribution in [0, 0.1) is 46.3 Å². The lowest BCUT2D eigenvalue weighted by Gasteiger charge is -2.59. The number of hydrogen-bond donors (Lipinski definition) is 2. The van der Waals surface area contributed by atoms with Crippen LogP contribution in [0.3, 0.4) is 0 Å². The van der Waals surface area contributed by atoms with Crippen molar-refractivity contribution in [1.29, 1.82) is 0 Å². The van der Waals surface area contributed by atoms with Crippen molar-refractivity contribution in [3.63, 3.8) is 0 Å². The van der Waals surface area contributed by atoms with Gasteiger partial charge in [-0.1, -0.05) is 39.8 Å². The van der Waals surface area contributed by atoms with E-state index in [1.54, 1.807) is 0 Å². The number of epoxide rings is 1. The second-order valence-corrected chi connectivity index (χ2v) is 12.8. The molecule has 1 heterocycles. The van der Waals surface area contributed by atoms with E-state index < -0.39 is 11.7 Å². The third-order valence-electron chi connectivity index (χ3n) is 11.3. The molecule has 1 saturated heterocycles. The maximum Gasteiger partial charge on any atom is 0.168 e. The second-order valence-electron chi connectivity index (χ2n) is 12.8.